The molecule has 164 valence electrons. The molecule has 0 aliphatic heterocycles. The molecule has 3 N–H and O–H groups in total. The fourth-order valence-electron chi connectivity index (χ4n) is 4.13. The van der Waals surface area contributed by atoms with E-state index in [1.807, 2.05) is 0 Å². The van der Waals surface area contributed by atoms with Gasteiger partial charge in [-0.2, -0.15) is 0 Å². The van der Waals surface area contributed by atoms with E-state index in [2.05, 4.69) is 25.8 Å². The van der Waals surface area contributed by atoms with Gasteiger partial charge in [-0.15, -0.1) is 0 Å². The Morgan fingerprint density at radius 2 is 1.18 bits per heavy atom. The molecule has 28 heavy (non-hydrogen) atoms. The lowest BCUT2D eigenvalue weighted by Gasteiger charge is -2.07. The topological polar surface area (TPSA) is 54.7 Å². The van der Waals surface area contributed by atoms with Crippen LogP contribution < -0.4 is 5.73 Å². The van der Waals surface area contributed by atoms with Gasteiger partial charge in [-0.1, -0.05) is 110 Å². The Morgan fingerprint density at radius 1 is 0.714 bits per heavy atom. The second-order valence-corrected chi connectivity index (χ2v) is 8.79. The molecule has 1 unspecified atom stereocenters. The summed E-state index contributed by atoms with van der Waals surface area (Å²) in [7, 11) is 0. The minimum atomic E-state index is 0.0936. The van der Waals surface area contributed by atoms with Crippen molar-refractivity contribution in [3.8, 4) is 0 Å². The predicted molar refractivity (Wildman–Crippen MR) is 124 cm³/mol. The first kappa shape index (κ1) is 25.2. The molecule has 0 aliphatic carbocycles. The summed E-state index contributed by atoms with van der Waals surface area (Å²) in [6.07, 6.45) is 24.4. The molecule has 3 heteroatoms. The molecule has 3 nitrogen and oxygen atoms in total. The second kappa shape index (κ2) is 17.1. The molecule has 0 radical (unpaired) electrons. The Hall–Kier alpha value is -0.830. The number of aromatic amines is 1. The van der Waals surface area contributed by atoms with Crippen molar-refractivity contribution in [1.82, 2.24) is 9.97 Å². The van der Waals surface area contributed by atoms with E-state index in [9.17, 15) is 0 Å². The third-order valence-corrected chi connectivity index (χ3v) is 5.94. The normalized spacial score (nSPS) is 12.6. The van der Waals surface area contributed by atoms with Gasteiger partial charge in [-0.25, -0.2) is 4.98 Å². The monoisotopic (exact) mass is 391 g/mol. The highest BCUT2D eigenvalue weighted by molar-refractivity contribution is 5.16. The van der Waals surface area contributed by atoms with Crippen LogP contribution in [0.15, 0.2) is 0 Å². The number of aromatic nitrogens is 2. The van der Waals surface area contributed by atoms with Crippen molar-refractivity contribution >= 4 is 0 Å². The van der Waals surface area contributed by atoms with Gasteiger partial charge < -0.3 is 10.7 Å². The number of hydrogen-bond donors (Lipinski definition) is 2. The number of rotatable bonds is 19. The van der Waals surface area contributed by atoms with Crippen LogP contribution in [0, 0.1) is 6.92 Å². The molecule has 0 amide bonds. The minimum Gasteiger partial charge on any atom is -0.346 e. The van der Waals surface area contributed by atoms with E-state index in [-0.39, 0.29) is 6.04 Å². The van der Waals surface area contributed by atoms with Crippen molar-refractivity contribution in [2.75, 3.05) is 0 Å². The van der Waals surface area contributed by atoms with Crippen molar-refractivity contribution in [2.45, 2.75) is 142 Å². The number of H-pyrrole nitrogens is 1. The minimum absolute atomic E-state index is 0.0936. The van der Waals surface area contributed by atoms with Crippen molar-refractivity contribution in [3.05, 3.63) is 17.2 Å². The SMILES string of the molecule is CCCCCCCCCCCCCCCCCc1nc(C(N)CCC)c(C)[nH]1. The summed E-state index contributed by atoms with van der Waals surface area (Å²) in [6, 6.07) is 0.0936. The maximum Gasteiger partial charge on any atom is 0.106 e. The van der Waals surface area contributed by atoms with Crippen LogP contribution in [0.2, 0.25) is 0 Å². The van der Waals surface area contributed by atoms with Gasteiger partial charge in [0.1, 0.15) is 5.82 Å². The van der Waals surface area contributed by atoms with Gasteiger partial charge >= 0.3 is 0 Å². The number of nitrogens with one attached hydrogen (secondary N) is 1. The van der Waals surface area contributed by atoms with Gasteiger partial charge in [0, 0.05) is 18.2 Å². The summed E-state index contributed by atoms with van der Waals surface area (Å²) in [4.78, 5) is 8.19. The zero-order chi connectivity index (χ0) is 20.5. The van der Waals surface area contributed by atoms with E-state index < -0.39 is 0 Å². The van der Waals surface area contributed by atoms with Gasteiger partial charge in [-0.05, 0) is 19.8 Å². The second-order valence-electron chi connectivity index (χ2n) is 8.79. The molecule has 0 fully saturated rings. The summed E-state index contributed by atoms with van der Waals surface area (Å²) in [6.45, 7) is 6.58. The standard InChI is InChI=1S/C25H49N3/c1-4-6-7-8-9-10-11-12-13-14-15-16-17-18-19-21-24-27-22(3)25(28-24)23(26)20-5-2/h23H,4-21,26H2,1-3H3,(H,27,28). The number of unbranched alkanes of at least 4 members (excludes halogenated alkanes) is 14. The van der Waals surface area contributed by atoms with Crippen LogP contribution in [0.1, 0.15) is 146 Å². The van der Waals surface area contributed by atoms with Gasteiger partial charge in [0.15, 0.2) is 0 Å². The van der Waals surface area contributed by atoms with Gasteiger partial charge in [0.25, 0.3) is 0 Å². The van der Waals surface area contributed by atoms with Crippen molar-refractivity contribution < 1.29 is 0 Å². The first-order chi connectivity index (χ1) is 13.7. The van der Waals surface area contributed by atoms with E-state index in [1.165, 1.54) is 96.3 Å². The maximum atomic E-state index is 6.22. The molecule has 1 aromatic heterocycles. The Balaban J connectivity index is 1.91. The Bertz CT molecular complexity index is 466. The van der Waals surface area contributed by atoms with E-state index in [1.54, 1.807) is 0 Å². The molecule has 1 atom stereocenters. The van der Waals surface area contributed by atoms with Crippen molar-refractivity contribution in [2.24, 2.45) is 5.73 Å². The molecule has 0 aromatic carbocycles. The largest absolute Gasteiger partial charge is 0.346 e. The zero-order valence-corrected chi connectivity index (χ0v) is 19.3. The molecule has 1 heterocycles. The van der Waals surface area contributed by atoms with E-state index >= 15 is 0 Å². The summed E-state index contributed by atoms with van der Waals surface area (Å²) in [5.41, 5.74) is 8.47. The highest BCUT2D eigenvalue weighted by Gasteiger charge is 2.13. The van der Waals surface area contributed by atoms with Crippen molar-refractivity contribution in [1.29, 1.82) is 0 Å². The van der Waals surface area contributed by atoms with Crippen LogP contribution in [0.3, 0.4) is 0 Å². The molecule has 0 aliphatic rings. The lowest BCUT2D eigenvalue weighted by molar-refractivity contribution is 0.531. The summed E-state index contributed by atoms with van der Waals surface area (Å²) in [5, 5.41) is 0. The third kappa shape index (κ3) is 11.9. The number of aryl methyl sites for hydroxylation is 2. The zero-order valence-electron chi connectivity index (χ0n) is 19.3. The summed E-state index contributed by atoms with van der Waals surface area (Å²) < 4.78 is 0. The molecule has 0 bridgehead atoms. The van der Waals surface area contributed by atoms with Crippen LogP contribution in [0.4, 0.5) is 0 Å². The van der Waals surface area contributed by atoms with Crippen LogP contribution in [-0.2, 0) is 6.42 Å². The van der Waals surface area contributed by atoms with E-state index in [0.717, 1.165) is 36.5 Å². The first-order valence-corrected chi connectivity index (χ1v) is 12.5. The molecular weight excluding hydrogens is 342 g/mol. The lowest BCUT2D eigenvalue weighted by atomic mass is 10.0. The summed E-state index contributed by atoms with van der Waals surface area (Å²) >= 11 is 0. The van der Waals surface area contributed by atoms with Crippen LogP contribution in [0.25, 0.3) is 0 Å². The molecule has 1 rings (SSSR count). The Labute approximate surface area is 175 Å². The number of nitrogens with zero attached hydrogens (tertiary/aromatic N) is 1. The fourth-order valence-corrected chi connectivity index (χ4v) is 4.13. The lowest BCUT2D eigenvalue weighted by Crippen LogP contribution is -2.11. The molecule has 0 saturated carbocycles. The van der Waals surface area contributed by atoms with Crippen LogP contribution in [-0.4, -0.2) is 9.97 Å². The highest BCUT2D eigenvalue weighted by atomic mass is 15.0. The highest BCUT2D eigenvalue weighted by Crippen LogP contribution is 2.19. The van der Waals surface area contributed by atoms with E-state index in [0.29, 0.717) is 0 Å². The summed E-state index contributed by atoms with van der Waals surface area (Å²) in [5.74, 6) is 1.13. The number of nitrogens with two attached hydrogens (primary N) is 1. The predicted octanol–water partition coefficient (Wildman–Crippen LogP) is 7.93. The molecule has 0 spiro atoms. The number of hydrogen-bond acceptors (Lipinski definition) is 2. The van der Waals surface area contributed by atoms with Gasteiger partial charge in [0.05, 0.1) is 5.69 Å². The smallest absolute Gasteiger partial charge is 0.106 e. The Morgan fingerprint density at radius 3 is 1.64 bits per heavy atom. The van der Waals surface area contributed by atoms with E-state index in [4.69, 9.17) is 10.7 Å². The van der Waals surface area contributed by atoms with Crippen molar-refractivity contribution in [3.63, 3.8) is 0 Å². The molecule has 1 aromatic rings. The first-order valence-electron chi connectivity index (χ1n) is 12.5. The van der Waals surface area contributed by atoms with Crippen LogP contribution >= 0.6 is 0 Å². The Kier molecular flexibility index (Phi) is 15.4. The number of imidazole rings is 1. The molecule has 0 saturated heterocycles. The average molecular weight is 392 g/mol. The van der Waals surface area contributed by atoms with Crippen LogP contribution in [0.5, 0.6) is 0 Å². The quantitative estimate of drug-likeness (QED) is 0.235. The van der Waals surface area contributed by atoms with Gasteiger partial charge in [-0.3, -0.25) is 0 Å². The van der Waals surface area contributed by atoms with Gasteiger partial charge in [0.2, 0.25) is 0 Å². The third-order valence-electron chi connectivity index (χ3n) is 5.94. The molecular formula is C25H49N3. The average Bonchev–Trinajstić information content (AvgIpc) is 3.05. The fraction of sp³-hybridized carbons (Fsp3) is 0.880. The maximum absolute atomic E-state index is 6.22.